The van der Waals surface area contributed by atoms with Gasteiger partial charge >= 0.3 is 0 Å². The summed E-state index contributed by atoms with van der Waals surface area (Å²) in [5.74, 6) is -0.295. The molecule has 2 rings (SSSR count). The Kier molecular flexibility index (Phi) is 4.47. The van der Waals surface area contributed by atoms with E-state index in [1.54, 1.807) is 18.2 Å². The molecule has 0 heterocycles. The molecular formula is C14H10BrFNO. The van der Waals surface area contributed by atoms with Gasteiger partial charge in [0.15, 0.2) is 0 Å². The van der Waals surface area contributed by atoms with Gasteiger partial charge in [-0.05, 0) is 18.2 Å². The number of benzene rings is 2. The highest BCUT2D eigenvalue weighted by atomic mass is 79.9. The zero-order valence-corrected chi connectivity index (χ0v) is 11.0. The van der Waals surface area contributed by atoms with E-state index >= 15 is 0 Å². The van der Waals surface area contributed by atoms with E-state index in [9.17, 15) is 4.39 Å². The maximum Gasteiger partial charge on any atom is 0.145 e. The standard InChI is InChI=1S/C14H10BrFNO/c15-13-7-5-11(6-8-13)9-17-18-10-12-3-1-2-4-14(12)16/h1-8H,10H2. The first-order chi connectivity index (χ1) is 8.75. The Morgan fingerprint density at radius 1 is 1.11 bits per heavy atom. The third kappa shape index (κ3) is 3.67. The van der Waals surface area contributed by atoms with Crippen LogP contribution in [0, 0.1) is 5.82 Å². The van der Waals surface area contributed by atoms with Crippen molar-refractivity contribution in [1.82, 2.24) is 0 Å². The quantitative estimate of drug-likeness (QED) is 0.617. The summed E-state index contributed by atoms with van der Waals surface area (Å²) >= 11 is 3.33. The van der Waals surface area contributed by atoms with Gasteiger partial charge in [0.25, 0.3) is 0 Å². The van der Waals surface area contributed by atoms with Gasteiger partial charge < -0.3 is 4.84 Å². The molecule has 0 bridgehead atoms. The Bertz CT molecular complexity index is 540. The molecule has 0 aromatic heterocycles. The zero-order valence-electron chi connectivity index (χ0n) is 9.44. The highest BCUT2D eigenvalue weighted by molar-refractivity contribution is 9.10. The number of nitrogens with zero attached hydrogens (tertiary/aromatic N) is 1. The van der Waals surface area contributed by atoms with Crippen LogP contribution in [0.15, 0.2) is 58.2 Å². The van der Waals surface area contributed by atoms with Crippen molar-refractivity contribution in [2.75, 3.05) is 0 Å². The van der Waals surface area contributed by atoms with E-state index in [-0.39, 0.29) is 12.4 Å². The van der Waals surface area contributed by atoms with Crippen LogP contribution in [0.2, 0.25) is 0 Å². The first-order valence-corrected chi connectivity index (χ1v) is 6.12. The second kappa shape index (κ2) is 6.31. The van der Waals surface area contributed by atoms with Gasteiger partial charge in [0.1, 0.15) is 18.6 Å². The molecule has 4 heteroatoms. The van der Waals surface area contributed by atoms with Gasteiger partial charge in [-0.15, -0.1) is 0 Å². The minimum atomic E-state index is -0.295. The van der Waals surface area contributed by atoms with Crippen molar-refractivity contribution in [3.63, 3.8) is 0 Å². The second-order valence-corrected chi connectivity index (χ2v) is 4.49. The Morgan fingerprint density at radius 3 is 2.56 bits per heavy atom. The molecule has 0 saturated carbocycles. The summed E-state index contributed by atoms with van der Waals surface area (Å²) in [5, 5.41) is 3.68. The van der Waals surface area contributed by atoms with E-state index in [0.29, 0.717) is 5.56 Å². The molecule has 18 heavy (non-hydrogen) atoms. The van der Waals surface area contributed by atoms with Crippen molar-refractivity contribution >= 4 is 22.1 Å². The van der Waals surface area contributed by atoms with Crippen LogP contribution < -0.4 is 0 Å². The van der Waals surface area contributed by atoms with Crippen LogP contribution in [0.1, 0.15) is 11.1 Å². The molecule has 2 aromatic rings. The summed E-state index contributed by atoms with van der Waals surface area (Å²) in [6.45, 7) is 0.0935. The molecule has 0 aliphatic carbocycles. The minimum absolute atomic E-state index is 0.0935. The fraction of sp³-hybridized carbons (Fsp3) is 0.0714. The zero-order chi connectivity index (χ0) is 12.8. The molecule has 0 N–H and O–H groups in total. The normalized spacial score (nSPS) is 10.8. The first kappa shape index (κ1) is 12.8. The fourth-order valence-corrected chi connectivity index (χ4v) is 1.59. The Balaban J connectivity index is 1.89. The fourth-order valence-electron chi connectivity index (χ4n) is 1.33. The van der Waals surface area contributed by atoms with Gasteiger partial charge in [0.05, 0.1) is 0 Å². The van der Waals surface area contributed by atoms with Crippen LogP contribution in [0.5, 0.6) is 0 Å². The number of halogens is 2. The number of hydrogen-bond donors (Lipinski definition) is 0. The smallest absolute Gasteiger partial charge is 0.145 e. The van der Waals surface area contributed by atoms with Crippen LogP contribution >= 0.6 is 15.9 Å². The predicted molar refractivity (Wildman–Crippen MR) is 71.9 cm³/mol. The van der Waals surface area contributed by atoms with E-state index in [1.807, 2.05) is 24.3 Å². The van der Waals surface area contributed by atoms with Gasteiger partial charge in [-0.2, -0.15) is 0 Å². The van der Waals surface area contributed by atoms with E-state index in [2.05, 4.69) is 27.3 Å². The lowest BCUT2D eigenvalue weighted by Crippen LogP contribution is -1.91. The molecule has 0 spiro atoms. The Hall–Kier alpha value is -1.68. The second-order valence-electron chi connectivity index (χ2n) is 3.57. The van der Waals surface area contributed by atoms with Crippen LogP contribution in [0.4, 0.5) is 4.39 Å². The Morgan fingerprint density at radius 2 is 1.83 bits per heavy atom. The van der Waals surface area contributed by atoms with E-state index < -0.39 is 0 Å². The maximum absolute atomic E-state index is 13.2. The van der Waals surface area contributed by atoms with Crippen molar-refractivity contribution < 1.29 is 9.23 Å². The summed E-state index contributed by atoms with van der Waals surface area (Å²) < 4.78 is 14.2. The molecule has 0 aliphatic heterocycles. The minimum Gasteiger partial charge on any atom is -0.390 e. The van der Waals surface area contributed by atoms with Crippen LogP contribution in [0.3, 0.4) is 0 Å². The van der Waals surface area contributed by atoms with Gasteiger partial charge in [0.2, 0.25) is 0 Å². The molecule has 0 fully saturated rings. The largest absolute Gasteiger partial charge is 0.390 e. The lowest BCUT2D eigenvalue weighted by Gasteiger charge is -2.00. The summed E-state index contributed by atoms with van der Waals surface area (Å²) in [6.07, 6.45) is 2.72. The monoisotopic (exact) mass is 306 g/mol. The first-order valence-electron chi connectivity index (χ1n) is 5.33. The van der Waals surface area contributed by atoms with Gasteiger partial charge in [-0.25, -0.2) is 4.39 Å². The lowest BCUT2D eigenvalue weighted by molar-refractivity contribution is 0.129. The van der Waals surface area contributed by atoms with E-state index in [0.717, 1.165) is 10.0 Å². The van der Waals surface area contributed by atoms with E-state index in [1.165, 1.54) is 6.07 Å². The average Bonchev–Trinajstić information content (AvgIpc) is 2.39. The predicted octanol–water partition coefficient (Wildman–Crippen LogP) is 4.02. The third-order valence-electron chi connectivity index (χ3n) is 2.26. The molecule has 0 atom stereocenters. The van der Waals surface area contributed by atoms with Gasteiger partial charge in [0, 0.05) is 15.6 Å². The highest BCUT2D eigenvalue weighted by Crippen LogP contribution is 2.10. The summed E-state index contributed by atoms with van der Waals surface area (Å²) in [4.78, 5) is 5.00. The van der Waals surface area contributed by atoms with Crippen LogP contribution in [0.25, 0.3) is 0 Å². The molecule has 0 amide bonds. The number of hydrogen-bond acceptors (Lipinski definition) is 2. The SMILES string of the molecule is Fc1ccccc1CO/N=[C]\c1ccc(Br)cc1. The molecule has 1 radical (unpaired) electrons. The van der Waals surface area contributed by atoms with Gasteiger partial charge in [-0.1, -0.05) is 51.4 Å². The van der Waals surface area contributed by atoms with Crippen molar-refractivity contribution in [2.24, 2.45) is 5.16 Å². The van der Waals surface area contributed by atoms with E-state index in [4.69, 9.17) is 4.84 Å². The summed E-state index contributed by atoms with van der Waals surface area (Å²) in [7, 11) is 0. The summed E-state index contributed by atoms with van der Waals surface area (Å²) in [5.41, 5.74) is 1.27. The van der Waals surface area contributed by atoms with Crippen molar-refractivity contribution in [3.8, 4) is 0 Å². The maximum atomic E-state index is 13.2. The number of rotatable bonds is 4. The molecule has 91 valence electrons. The molecule has 0 saturated heterocycles. The molecule has 0 aliphatic rings. The van der Waals surface area contributed by atoms with Crippen LogP contribution in [-0.4, -0.2) is 6.21 Å². The van der Waals surface area contributed by atoms with Gasteiger partial charge in [-0.3, -0.25) is 0 Å². The topological polar surface area (TPSA) is 21.6 Å². The molecular weight excluding hydrogens is 297 g/mol. The molecule has 2 nitrogen and oxygen atoms in total. The summed E-state index contributed by atoms with van der Waals surface area (Å²) in [6, 6.07) is 13.9. The lowest BCUT2D eigenvalue weighted by atomic mass is 10.2. The Labute approximate surface area is 113 Å². The molecule has 2 aromatic carbocycles. The average molecular weight is 307 g/mol. The van der Waals surface area contributed by atoms with Crippen LogP contribution in [-0.2, 0) is 11.4 Å². The van der Waals surface area contributed by atoms with Crippen molar-refractivity contribution in [3.05, 3.63) is 69.9 Å². The third-order valence-corrected chi connectivity index (χ3v) is 2.79. The molecule has 0 unspecified atom stereocenters. The van der Waals surface area contributed by atoms with Crippen molar-refractivity contribution in [2.45, 2.75) is 6.61 Å². The highest BCUT2D eigenvalue weighted by Gasteiger charge is 1.99. The van der Waals surface area contributed by atoms with Crippen molar-refractivity contribution in [1.29, 1.82) is 0 Å².